The fraction of sp³-hybridized carbons (Fsp3) is 0.565. The Morgan fingerprint density at radius 2 is 2.13 bits per heavy atom. The van der Waals surface area contributed by atoms with E-state index in [-0.39, 0.29) is 18.2 Å². The van der Waals surface area contributed by atoms with Crippen molar-refractivity contribution in [3.05, 3.63) is 29.5 Å². The number of aliphatic imine (C=N–C) groups is 1. The molecule has 2 aliphatic heterocycles. The predicted octanol–water partition coefficient (Wildman–Crippen LogP) is 3.21. The minimum atomic E-state index is -1.00. The second kappa shape index (κ2) is 9.26. The van der Waals surface area contributed by atoms with Crippen LogP contribution in [0.3, 0.4) is 0 Å². The predicted molar refractivity (Wildman–Crippen MR) is 120 cm³/mol. The second-order valence-corrected chi connectivity index (χ2v) is 8.48. The van der Waals surface area contributed by atoms with Crippen LogP contribution in [0.1, 0.15) is 43.7 Å². The molecule has 1 aromatic carbocycles. The largest absolute Gasteiger partial charge is 0.489 e. The van der Waals surface area contributed by atoms with Crippen LogP contribution in [0.25, 0.3) is 5.57 Å². The molecule has 3 N–H and O–H groups in total. The zero-order chi connectivity index (χ0) is 22.0. The highest BCUT2D eigenvalue weighted by atomic mass is 19.1. The first-order valence-corrected chi connectivity index (χ1v) is 11.0. The third-order valence-electron chi connectivity index (χ3n) is 6.46. The fourth-order valence-corrected chi connectivity index (χ4v) is 4.36. The van der Waals surface area contributed by atoms with Crippen LogP contribution in [-0.4, -0.2) is 56.9 Å². The lowest BCUT2D eigenvalue weighted by Gasteiger charge is -2.37. The lowest BCUT2D eigenvalue weighted by molar-refractivity contribution is 0.118. The van der Waals surface area contributed by atoms with Crippen LogP contribution in [-0.2, 0) is 11.2 Å². The van der Waals surface area contributed by atoms with Crippen molar-refractivity contribution in [2.24, 2.45) is 10.7 Å². The molecule has 2 heterocycles. The summed E-state index contributed by atoms with van der Waals surface area (Å²) in [6.07, 6.45) is 6.65. The number of nitrogens with zero attached hydrogens (tertiary/aromatic N) is 2. The molecule has 4 rings (SSSR count). The number of halogens is 1. The summed E-state index contributed by atoms with van der Waals surface area (Å²) in [6.45, 7) is 2.85. The smallest absolute Gasteiger partial charge is 0.414 e. The molecule has 31 heavy (non-hydrogen) atoms. The summed E-state index contributed by atoms with van der Waals surface area (Å²) < 4.78 is 25.4. The van der Waals surface area contributed by atoms with Crippen molar-refractivity contribution in [2.45, 2.75) is 63.4 Å². The molecular formula is C23H31FN4O3. The van der Waals surface area contributed by atoms with Gasteiger partial charge in [-0.2, -0.15) is 0 Å². The summed E-state index contributed by atoms with van der Waals surface area (Å²) in [7, 11) is 1.39. The highest BCUT2D eigenvalue weighted by Gasteiger charge is 2.33. The lowest BCUT2D eigenvalue weighted by Crippen LogP contribution is -2.42. The number of allylic oxidation sites excluding steroid dienone is 1. The van der Waals surface area contributed by atoms with Gasteiger partial charge in [-0.1, -0.05) is 0 Å². The molecule has 1 saturated heterocycles. The van der Waals surface area contributed by atoms with Gasteiger partial charge in [0.25, 0.3) is 0 Å². The molecule has 7 nitrogen and oxygen atoms in total. The van der Waals surface area contributed by atoms with Crippen LogP contribution in [0.2, 0.25) is 0 Å². The van der Waals surface area contributed by atoms with Crippen molar-refractivity contribution in [3.63, 3.8) is 0 Å². The maximum absolute atomic E-state index is 14.0. The number of fused-ring (bicyclic) bond motifs is 1. The van der Waals surface area contributed by atoms with E-state index in [1.807, 2.05) is 19.1 Å². The normalized spacial score (nSPS) is 26.6. The van der Waals surface area contributed by atoms with Gasteiger partial charge in [0.2, 0.25) is 0 Å². The Hall–Kier alpha value is -2.61. The van der Waals surface area contributed by atoms with Crippen LogP contribution >= 0.6 is 0 Å². The van der Waals surface area contributed by atoms with Crippen LogP contribution in [0.5, 0.6) is 5.75 Å². The third kappa shape index (κ3) is 4.26. The quantitative estimate of drug-likeness (QED) is 0.701. The van der Waals surface area contributed by atoms with Gasteiger partial charge in [-0.15, -0.1) is 0 Å². The zero-order valence-electron chi connectivity index (χ0n) is 18.1. The maximum atomic E-state index is 14.0. The zero-order valence-corrected chi connectivity index (χ0v) is 18.1. The van der Waals surface area contributed by atoms with Crippen molar-refractivity contribution < 1.29 is 18.7 Å². The number of nitrogens with two attached hydrogens (primary N) is 1. The van der Waals surface area contributed by atoms with E-state index < -0.39 is 12.2 Å². The van der Waals surface area contributed by atoms with E-state index in [0.717, 1.165) is 54.7 Å². The molecule has 2 fully saturated rings. The monoisotopic (exact) mass is 430 g/mol. The molecular weight excluding hydrogens is 399 g/mol. The molecule has 8 heteroatoms. The molecule has 0 radical (unpaired) electrons. The number of hydrogen-bond donors (Lipinski definition) is 2. The minimum Gasteiger partial charge on any atom is -0.489 e. The van der Waals surface area contributed by atoms with Crippen molar-refractivity contribution in [1.82, 2.24) is 5.32 Å². The van der Waals surface area contributed by atoms with Gasteiger partial charge in [0.05, 0.1) is 24.9 Å². The van der Waals surface area contributed by atoms with Gasteiger partial charge in [0.15, 0.2) is 0 Å². The Balaban J connectivity index is 1.73. The molecule has 3 aliphatic rings. The van der Waals surface area contributed by atoms with E-state index in [1.54, 1.807) is 11.1 Å². The molecule has 0 spiro atoms. The first-order chi connectivity index (χ1) is 15.0. The van der Waals surface area contributed by atoms with E-state index >= 15 is 0 Å². The van der Waals surface area contributed by atoms with Gasteiger partial charge in [-0.3, -0.25) is 9.89 Å². The number of ether oxygens (including phenoxy) is 2. The van der Waals surface area contributed by atoms with Gasteiger partial charge >= 0.3 is 6.09 Å². The second-order valence-electron chi connectivity index (χ2n) is 8.48. The van der Waals surface area contributed by atoms with Crippen LogP contribution in [0, 0.1) is 0 Å². The Morgan fingerprint density at radius 3 is 2.74 bits per heavy atom. The standard InChI is InChI=1S/C23H31FN4O3/c1-14-6-7-18-21(28(14)23(29)30-2)9-8-17(22(18)31-16-4-3-5-16)15(10-25)11-27-20-13-26-12-19(20)24/h8-11,14,16,19-20,26H,3-7,12-13,25H2,1-2H3/t14-,19+,20-/m0/s1. The first kappa shape index (κ1) is 21.6. The Morgan fingerprint density at radius 1 is 1.32 bits per heavy atom. The Labute approximate surface area is 182 Å². The summed E-state index contributed by atoms with van der Waals surface area (Å²) in [4.78, 5) is 18.6. The summed E-state index contributed by atoms with van der Waals surface area (Å²) in [6, 6.07) is 3.44. The number of nitrogens with one attached hydrogen (secondary N) is 1. The molecule has 1 amide bonds. The van der Waals surface area contributed by atoms with Crippen molar-refractivity contribution in [1.29, 1.82) is 0 Å². The first-order valence-electron chi connectivity index (χ1n) is 11.0. The summed E-state index contributed by atoms with van der Waals surface area (Å²) in [5, 5.41) is 3.01. The van der Waals surface area contributed by atoms with Gasteiger partial charge in [0, 0.05) is 48.2 Å². The molecule has 3 atom stereocenters. The van der Waals surface area contributed by atoms with Crippen molar-refractivity contribution >= 4 is 23.6 Å². The highest BCUT2D eigenvalue weighted by Crippen LogP contribution is 2.43. The molecule has 168 valence electrons. The average molecular weight is 431 g/mol. The number of benzene rings is 1. The number of hydrogen-bond acceptors (Lipinski definition) is 6. The number of amides is 1. The molecule has 1 aliphatic carbocycles. The fourth-order valence-electron chi connectivity index (χ4n) is 4.36. The Kier molecular flexibility index (Phi) is 6.46. The van der Waals surface area contributed by atoms with Gasteiger partial charge < -0.3 is 20.5 Å². The van der Waals surface area contributed by atoms with E-state index in [4.69, 9.17) is 15.2 Å². The molecule has 0 unspecified atom stereocenters. The number of carbonyl (C=O) groups excluding carboxylic acids is 1. The topological polar surface area (TPSA) is 89.2 Å². The number of alkyl halides is 1. The Bertz CT molecular complexity index is 884. The molecule has 0 bridgehead atoms. The lowest BCUT2D eigenvalue weighted by atomic mass is 9.91. The molecule has 1 saturated carbocycles. The number of anilines is 1. The van der Waals surface area contributed by atoms with Gasteiger partial charge in [-0.25, -0.2) is 9.18 Å². The van der Waals surface area contributed by atoms with Crippen LogP contribution in [0.15, 0.2) is 23.3 Å². The van der Waals surface area contributed by atoms with Crippen molar-refractivity contribution in [2.75, 3.05) is 25.1 Å². The summed E-state index contributed by atoms with van der Waals surface area (Å²) in [5.74, 6) is 0.743. The minimum absolute atomic E-state index is 0.0322. The number of rotatable bonds is 5. The van der Waals surface area contributed by atoms with Crippen LogP contribution < -0.4 is 20.7 Å². The molecule has 1 aromatic rings. The summed E-state index contributed by atoms with van der Waals surface area (Å²) >= 11 is 0. The van der Waals surface area contributed by atoms with E-state index in [1.165, 1.54) is 13.3 Å². The average Bonchev–Trinajstić information content (AvgIpc) is 3.15. The molecule has 0 aromatic heterocycles. The van der Waals surface area contributed by atoms with E-state index in [9.17, 15) is 9.18 Å². The third-order valence-corrected chi connectivity index (χ3v) is 6.46. The van der Waals surface area contributed by atoms with Gasteiger partial charge in [-0.05, 0) is 51.2 Å². The number of methoxy groups -OCH3 is 1. The number of carbonyl (C=O) groups is 1. The van der Waals surface area contributed by atoms with E-state index in [2.05, 4.69) is 10.3 Å². The van der Waals surface area contributed by atoms with E-state index in [0.29, 0.717) is 18.7 Å². The highest BCUT2D eigenvalue weighted by molar-refractivity contribution is 6.11. The maximum Gasteiger partial charge on any atom is 0.414 e. The van der Waals surface area contributed by atoms with Gasteiger partial charge in [0.1, 0.15) is 11.9 Å². The summed E-state index contributed by atoms with van der Waals surface area (Å²) in [5.41, 5.74) is 9.24. The SMILES string of the molecule is COC(=O)N1c2ccc(C(C=N[C@H]3CNC[C@H]3F)=CN)c(OC3CCC3)c2CC[C@@H]1C. The van der Waals surface area contributed by atoms with Crippen molar-refractivity contribution in [3.8, 4) is 5.75 Å². The van der Waals surface area contributed by atoms with Crippen LogP contribution in [0.4, 0.5) is 14.9 Å².